The minimum atomic E-state index is 0.431. The van der Waals surface area contributed by atoms with Gasteiger partial charge in [-0.2, -0.15) is 0 Å². The first-order valence-electron chi connectivity index (χ1n) is 6.76. The smallest absolute Gasteiger partial charge is 0.293 e. The van der Waals surface area contributed by atoms with Crippen LogP contribution in [0.25, 0.3) is 0 Å². The van der Waals surface area contributed by atoms with E-state index in [0.29, 0.717) is 13.1 Å². The summed E-state index contributed by atoms with van der Waals surface area (Å²) in [6, 6.07) is 10.7. The first-order chi connectivity index (χ1) is 9.26. The molecule has 0 bridgehead atoms. The third-order valence-corrected chi connectivity index (χ3v) is 3.08. The molecule has 0 radical (unpaired) electrons. The fourth-order valence-electron chi connectivity index (χ4n) is 1.92. The maximum absolute atomic E-state index is 9.18. The van der Waals surface area contributed by atoms with Gasteiger partial charge in [0.15, 0.2) is 0 Å². The molecule has 1 aromatic carbocycles. The highest BCUT2D eigenvalue weighted by Gasteiger charge is 2.13. The van der Waals surface area contributed by atoms with E-state index < -0.39 is 0 Å². The Labute approximate surface area is 116 Å². The number of benzene rings is 1. The molecule has 0 saturated carbocycles. The number of piperazine rings is 1. The lowest BCUT2D eigenvalue weighted by molar-refractivity contribution is -0.128. The average Bonchev–Trinajstić information content (AvgIpc) is 2.44. The number of ether oxygens (including phenoxy) is 1. The van der Waals surface area contributed by atoms with Crippen molar-refractivity contribution in [3.8, 4) is 0 Å². The molecular weight excluding hydrogens is 240 g/mol. The molecule has 0 aliphatic carbocycles. The van der Waals surface area contributed by atoms with E-state index in [0.717, 1.165) is 6.54 Å². The molecule has 0 unspecified atom stereocenters. The second-order valence-electron chi connectivity index (χ2n) is 4.62. The number of hydrogen-bond acceptors (Lipinski definition) is 4. The largest absolute Gasteiger partial charge is 0.468 e. The van der Waals surface area contributed by atoms with Crippen molar-refractivity contribution < 1.29 is 9.53 Å². The molecule has 19 heavy (non-hydrogen) atoms. The van der Waals surface area contributed by atoms with Crippen molar-refractivity contribution in [3.63, 3.8) is 0 Å². The zero-order valence-corrected chi connectivity index (χ0v) is 11.9. The first-order valence-corrected chi connectivity index (χ1v) is 6.76. The Bertz CT molecular complexity index is 335. The van der Waals surface area contributed by atoms with Crippen LogP contribution in [0.4, 0.5) is 0 Å². The highest BCUT2D eigenvalue weighted by Crippen LogP contribution is 2.06. The van der Waals surface area contributed by atoms with E-state index in [9.17, 15) is 4.79 Å². The van der Waals surface area contributed by atoms with Crippen molar-refractivity contribution in [2.45, 2.75) is 13.5 Å². The molecular formula is C15H24N2O2. The summed E-state index contributed by atoms with van der Waals surface area (Å²) in [6.07, 6.45) is 0. The minimum absolute atomic E-state index is 0.431. The monoisotopic (exact) mass is 264 g/mol. The van der Waals surface area contributed by atoms with E-state index >= 15 is 0 Å². The van der Waals surface area contributed by atoms with Crippen LogP contribution in [0.5, 0.6) is 0 Å². The first kappa shape index (κ1) is 15.7. The average molecular weight is 264 g/mol. The summed E-state index contributed by atoms with van der Waals surface area (Å²) >= 11 is 0. The number of nitrogens with zero attached hydrogens (tertiary/aromatic N) is 2. The topological polar surface area (TPSA) is 32.8 Å². The summed E-state index contributed by atoms with van der Waals surface area (Å²) in [5.41, 5.74) is 1.43. The molecule has 1 fully saturated rings. The summed E-state index contributed by atoms with van der Waals surface area (Å²) in [5.74, 6) is 0. The Morgan fingerprint density at radius 2 is 1.79 bits per heavy atom. The third-order valence-electron chi connectivity index (χ3n) is 3.08. The lowest BCUT2D eigenvalue weighted by Gasteiger charge is -2.32. The van der Waals surface area contributed by atoms with Crippen LogP contribution in [-0.2, 0) is 16.1 Å². The Kier molecular flexibility index (Phi) is 7.86. The fourth-order valence-corrected chi connectivity index (χ4v) is 1.92. The van der Waals surface area contributed by atoms with Gasteiger partial charge >= 0.3 is 0 Å². The molecule has 4 nitrogen and oxygen atoms in total. The van der Waals surface area contributed by atoms with Crippen molar-refractivity contribution >= 4 is 6.47 Å². The van der Waals surface area contributed by atoms with E-state index in [1.165, 1.54) is 31.7 Å². The Hall–Kier alpha value is -1.39. The van der Waals surface area contributed by atoms with Crippen molar-refractivity contribution in [2.24, 2.45) is 0 Å². The minimum Gasteiger partial charge on any atom is -0.468 e. The summed E-state index contributed by atoms with van der Waals surface area (Å²) < 4.78 is 4.15. The molecule has 0 spiro atoms. The summed E-state index contributed by atoms with van der Waals surface area (Å²) in [5, 5.41) is 0. The molecule has 2 rings (SSSR count). The second-order valence-corrected chi connectivity index (χ2v) is 4.62. The summed E-state index contributed by atoms with van der Waals surface area (Å²) in [6.45, 7) is 8.57. The molecule has 0 N–H and O–H groups in total. The van der Waals surface area contributed by atoms with Gasteiger partial charge in [-0.15, -0.1) is 0 Å². The van der Waals surface area contributed by atoms with E-state index in [4.69, 9.17) is 0 Å². The van der Waals surface area contributed by atoms with Gasteiger partial charge in [0.1, 0.15) is 0 Å². The molecule has 0 aromatic heterocycles. The zero-order chi connectivity index (χ0) is 13.9. The number of rotatable bonds is 4. The van der Waals surface area contributed by atoms with Crippen molar-refractivity contribution in [1.82, 2.24) is 9.80 Å². The summed E-state index contributed by atoms with van der Waals surface area (Å²) in [4.78, 5) is 14.1. The van der Waals surface area contributed by atoms with Gasteiger partial charge in [0.05, 0.1) is 6.61 Å². The lowest BCUT2D eigenvalue weighted by Crippen LogP contribution is -2.43. The van der Waals surface area contributed by atoms with Crippen LogP contribution >= 0.6 is 0 Å². The molecule has 0 atom stereocenters. The van der Waals surface area contributed by atoms with Crippen LogP contribution in [0.1, 0.15) is 12.5 Å². The van der Waals surface area contributed by atoms with Crippen LogP contribution in [0.3, 0.4) is 0 Å². The van der Waals surface area contributed by atoms with Gasteiger partial charge < -0.3 is 9.64 Å². The van der Waals surface area contributed by atoms with E-state index in [2.05, 4.69) is 51.9 Å². The van der Waals surface area contributed by atoms with Crippen LogP contribution in [0.2, 0.25) is 0 Å². The molecule has 1 aliphatic rings. The molecule has 1 saturated heterocycles. The molecule has 4 heteroatoms. The summed E-state index contributed by atoms with van der Waals surface area (Å²) in [7, 11) is 2.19. The standard InChI is InChI=1S/C12H18N2.C3H6O2/c1-13-7-9-14(10-8-13)11-12-5-3-2-4-6-12;1-2-5-3-4/h2-6H,7-11H2,1H3;3H,2H2,1H3. The number of hydrogen-bond donors (Lipinski definition) is 0. The van der Waals surface area contributed by atoms with Crippen LogP contribution in [-0.4, -0.2) is 56.1 Å². The quantitative estimate of drug-likeness (QED) is 0.774. The number of carbonyl (C=O) groups is 1. The van der Waals surface area contributed by atoms with Gasteiger partial charge in [-0.05, 0) is 19.5 Å². The molecule has 1 aromatic rings. The second kappa shape index (κ2) is 9.53. The molecule has 0 amide bonds. The van der Waals surface area contributed by atoms with Crippen molar-refractivity contribution in [2.75, 3.05) is 39.8 Å². The fraction of sp³-hybridized carbons (Fsp3) is 0.533. The van der Waals surface area contributed by atoms with Gasteiger partial charge in [-0.25, -0.2) is 0 Å². The van der Waals surface area contributed by atoms with Crippen LogP contribution < -0.4 is 0 Å². The zero-order valence-electron chi connectivity index (χ0n) is 11.9. The van der Waals surface area contributed by atoms with Gasteiger partial charge in [-0.3, -0.25) is 9.69 Å². The van der Waals surface area contributed by atoms with E-state index in [1.807, 2.05) is 0 Å². The normalized spacial score (nSPS) is 16.3. The number of carbonyl (C=O) groups excluding carboxylic acids is 1. The van der Waals surface area contributed by atoms with Crippen LogP contribution in [0.15, 0.2) is 30.3 Å². The predicted molar refractivity (Wildman–Crippen MR) is 76.9 cm³/mol. The molecule has 1 heterocycles. The predicted octanol–water partition coefficient (Wildman–Crippen LogP) is 1.61. The van der Waals surface area contributed by atoms with Crippen molar-refractivity contribution in [1.29, 1.82) is 0 Å². The maximum Gasteiger partial charge on any atom is 0.293 e. The highest BCUT2D eigenvalue weighted by molar-refractivity contribution is 5.36. The lowest BCUT2D eigenvalue weighted by atomic mass is 10.2. The third kappa shape index (κ3) is 6.94. The van der Waals surface area contributed by atoms with E-state index in [-0.39, 0.29) is 0 Å². The van der Waals surface area contributed by atoms with Crippen LogP contribution in [0, 0.1) is 0 Å². The van der Waals surface area contributed by atoms with Gasteiger partial charge in [0, 0.05) is 32.7 Å². The highest BCUT2D eigenvalue weighted by atomic mass is 16.5. The van der Waals surface area contributed by atoms with Crippen molar-refractivity contribution in [3.05, 3.63) is 35.9 Å². The Morgan fingerprint density at radius 3 is 2.26 bits per heavy atom. The van der Waals surface area contributed by atoms with E-state index in [1.54, 1.807) is 6.92 Å². The maximum atomic E-state index is 9.18. The Balaban J connectivity index is 0.000000312. The van der Waals surface area contributed by atoms with Gasteiger partial charge in [0.2, 0.25) is 0 Å². The van der Waals surface area contributed by atoms with Gasteiger partial charge in [-0.1, -0.05) is 30.3 Å². The van der Waals surface area contributed by atoms with Gasteiger partial charge in [0.25, 0.3) is 6.47 Å². The molecule has 106 valence electrons. The number of likely N-dealkylation sites (N-methyl/N-ethyl adjacent to an activating group) is 1. The molecule has 1 aliphatic heterocycles. The SMILES string of the molecule is CCOC=O.CN1CCN(Cc2ccccc2)CC1. The Morgan fingerprint density at radius 1 is 1.16 bits per heavy atom.